The van der Waals surface area contributed by atoms with Gasteiger partial charge in [-0.3, -0.25) is 9.69 Å². The van der Waals surface area contributed by atoms with E-state index < -0.39 is 5.60 Å². The van der Waals surface area contributed by atoms with E-state index in [4.69, 9.17) is 0 Å². The lowest BCUT2D eigenvalue weighted by Crippen LogP contribution is -2.34. The lowest BCUT2D eigenvalue weighted by atomic mass is 9.82. The molecule has 3 aliphatic rings. The summed E-state index contributed by atoms with van der Waals surface area (Å²) in [5, 5.41) is 20.3. The summed E-state index contributed by atoms with van der Waals surface area (Å²) in [6.07, 6.45) is 5.33. The summed E-state index contributed by atoms with van der Waals surface area (Å²) >= 11 is 0. The van der Waals surface area contributed by atoms with Crippen LogP contribution in [0.1, 0.15) is 49.4 Å². The second kappa shape index (κ2) is 5.57. The molecule has 3 fully saturated rings. The minimum atomic E-state index is -0.465. The van der Waals surface area contributed by atoms with Gasteiger partial charge in [-0.1, -0.05) is 19.8 Å². The number of ketones is 1. The summed E-state index contributed by atoms with van der Waals surface area (Å²) in [6, 6.07) is 6.49. The van der Waals surface area contributed by atoms with Crippen molar-refractivity contribution in [3.63, 3.8) is 0 Å². The molecule has 24 heavy (non-hydrogen) atoms. The largest absolute Gasteiger partial charge is 0.508 e. The van der Waals surface area contributed by atoms with Gasteiger partial charge in [0.15, 0.2) is 5.78 Å². The van der Waals surface area contributed by atoms with Crippen LogP contribution in [0, 0.1) is 17.3 Å². The van der Waals surface area contributed by atoms with Crippen LogP contribution in [0.25, 0.3) is 0 Å². The molecule has 2 saturated carbocycles. The molecule has 3 atom stereocenters. The number of phenols is 1. The highest BCUT2D eigenvalue weighted by Gasteiger charge is 2.56. The van der Waals surface area contributed by atoms with E-state index >= 15 is 0 Å². The topological polar surface area (TPSA) is 60.8 Å². The number of rotatable bonds is 5. The van der Waals surface area contributed by atoms with E-state index in [-0.39, 0.29) is 16.9 Å². The number of aliphatic hydroxyl groups is 1. The van der Waals surface area contributed by atoms with Crippen LogP contribution in [0.3, 0.4) is 0 Å². The number of fused-ring (bicyclic) bond motifs is 1. The van der Waals surface area contributed by atoms with Crippen LogP contribution in [-0.2, 0) is 0 Å². The van der Waals surface area contributed by atoms with Gasteiger partial charge in [0.1, 0.15) is 5.75 Å². The highest BCUT2D eigenvalue weighted by atomic mass is 16.3. The molecule has 4 nitrogen and oxygen atoms in total. The number of benzene rings is 1. The van der Waals surface area contributed by atoms with Crippen LogP contribution in [0.5, 0.6) is 5.75 Å². The highest BCUT2D eigenvalue weighted by molar-refractivity contribution is 5.97. The van der Waals surface area contributed by atoms with E-state index in [2.05, 4.69) is 11.8 Å². The zero-order valence-electron chi connectivity index (χ0n) is 14.4. The molecule has 2 N–H and O–H groups in total. The molecule has 4 rings (SSSR count). The van der Waals surface area contributed by atoms with Gasteiger partial charge >= 0.3 is 0 Å². The highest BCUT2D eigenvalue weighted by Crippen LogP contribution is 2.56. The fourth-order valence-electron chi connectivity index (χ4n) is 5.11. The average Bonchev–Trinajstić information content (AvgIpc) is 3.19. The van der Waals surface area contributed by atoms with E-state index in [0.717, 1.165) is 38.3 Å². The first-order chi connectivity index (χ1) is 11.4. The van der Waals surface area contributed by atoms with Gasteiger partial charge in [-0.15, -0.1) is 0 Å². The molecule has 0 amide bonds. The summed E-state index contributed by atoms with van der Waals surface area (Å²) in [7, 11) is 0. The van der Waals surface area contributed by atoms with Crippen molar-refractivity contribution >= 4 is 5.78 Å². The Morgan fingerprint density at radius 3 is 2.62 bits per heavy atom. The zero-order valence-corrected chi connectivity index (χ0v) is 14.4. The van der Waals surface area contributed by atoms with Gasteiger partial charge in [0.2, 0.25) is 0 Å². The first-order valence-corrected chi connectivity index (χ1v) is 9.12. The van der Waals surface area contributed by atoms with Gasteiger partial charge in [0.05, 0.1) is 12.1 Å². The number of carbonyl (C=O) groups excluding carboxylic acids is 1. The fourth-order valence-corrected chi connectivity index (χ4v) is 5.11. The van der Waals surface area contributed by atoms with Crippen molar-refractivity contribution < 1.29 is 15.0 Å². The van der Waals surface area contributed by atoms with E-state index in [1.807, 2.05) is 0 Å². The van der Waals surface area contributed by atoms with E-state index in [0.29, 0.717) is 18.0 Å². The predicted octanol–water partition coefficient (Wildman–Crippen LogP) is 2.84. The molecule has 0 aromatic heterocycles. The maximum Gasteiger partial charge on any atom is 0.176 e. The van der Waals surface area contributed by atoms with Crippen LogP contribution in [0.4, 0.5) is 0 Å². The number of phenolic OH excluding ortho intramolecular Hbond substituents is 1. The van der Waals surface area contributed by atoms with Gasteiger partial charge in [0, 0.05) is 18.7 Å². The first-order valence-electron chi connectivity index (χ1n) is 9.12. The van der Waals surface area contributed by atoms with Crippen LogP contribution >= 0.6 is 0 Å². The molecule has 4 heteroatoms. The second-order valence-electron chi connectivity index (χ2n) is 8.74. The Morgan fingerprint density at radius 2 is 2.00 bits per heavy atom. The number of carbonyl (C=O) groups is 1. The molecule has 1 aliphatic heterocycles. The lowest BCUT2D eigenvalue weighted by molar-refractivity contribution is 0.0156. The second-order valence-corrected chi connectivity index (χ2v) is 8.74. The Hall–Kier alpha value is -1.39. The van der Waals surface area contributed by atoms with Crippen LogP contribution in [-0.4, -0.2) is 46.1 Å². The Morgan fingerprint density at radius 1 is 1.29 bits per heavy atom. The molecule has 130 valence electrons. The molecule has 1 saturated heterocycles. The Bertz CT molecular complexity index is 639. The summed E-state index contributed by atoms with van der Waals surface area (Å²) in [5.74, 6) is 1.54. The molecule has 1 heterocycles. The van der Waals surface area contributed by atoms with Gasteiger partial charge in [-0.05, 0) is 60.8 Å². The van der Waals surface area contributed by atoms with Crippen molar-refractivity contribution in [2.45, 2.75) is 44.6 Å². The van der Waals surface area contributed by atoms with Crippen molar-refractivity contribution in [3.8, 4) is 5.75 Å². The van der Waals surface area contributed by atoms with Crippen molar-refractivity contribution in [2.75, 3.05) is 19.6 Å². The van der Waals surface area contributed by atoms with E-state index in [9.17, 15) is 15.0 Å². The fraction of sp³-hybridized carbons (Fsp3) is 0.650. The zero-order chi connectivity index (χ0) is 16.9. The number of hydrogen-bond donors (Lipinski definition) is 2. The molecule has 2 aliphatic carbocycles. The standard InChI is InChI=1S/C20H27NO3/c1-19-12-20(24,8-14-2-3-14)9-16(19)10-21(13-19)11-18(23)15-4-6-17(22)7-5-15/h4-7,14,16,22,24H,2-3,8-13H2,1H3/t16-,19+,20-/m1/s1. The smallest absolute Gasteiger partial charge is 0.176 e. The molecular formula is C20H27NO3. The van der Waals surface area contributed by atoms with Crippen molar-refractivity contribution in [3.05, 3.63) is 29.8 Å². The number of hydrogen-bond acceptors (Lipinski definition) is 4. The number of nitrogens with zero attached hydrogens (tertiary/aromatic N) is 1. The van der Waals surface area contributed by atoms with E-state index in [1.165, 1.54) is 12.8 Å². The van der Waals surface area contributed by atoms with Crippen LogP contribution in [0.15, 0.2) is 24.3 Å². The average molecular weight is 329 g/mol. The Kier molecular flexibility index (Phi) is 3.73. The summed E-state index contributed by atoms with van der Waals surface area (Å²) in [5.41, 5.74) is 0.326. The third-order valence-corrected chi connectivity index (χ3v) is 6.33. The maximum atomic E-state index is 12.4. The predicted molar refractivity (Wildman–Crippen MR) is 92.0 cm³/mol. The Labute approximate surface area is 143 Å². The van der Waals surface area contributed by atoms with Crippen molar-refractivity contribution in [1.82, 2.24) is 4.90 Å². The van der Waals surface area contributed by atoms with Crippen LogP contribution in [0.2, 0.25) is 0 Å². The van der Waals surface area contributed by atoms with Crippen LogP contribution < -0.4 is 0 Å². The SMILES string of the molecule is C[C@]12CN(CC(=O)c3ccc(O)cc3)C[C@H]1C[C@](O)(CC1CC1)C2. The van der Waals surface area contributed by atoms with E-state index in [1.54, 1.807) is 24.3 Å². The van der Waals surface area contributed by atoms with Gasteiger partial charge in [-0.2, -0.15) is 0 Å². The number of likely N-dealkylation sites (tertiary alicyclic amines) is 1. The molecule has 0 spiro atoms. The minimum absolute atomic E-state index is 0.104. The Balaban J connectivity index is 1.37. The third-order valence-electron chi connectivity index (χ3n) is 6.33. The normalized spacial score (nSPS) is 36.0. The summed E-state index contributed by atoms with van der Waals surface area (Å²) in [6.45, 7) is 4.52. The molecule has 0 unspecified atom stereocenters. The lowest BCUT2D eigenvalue weighted by Gasteiger charge is -2.28. The van der Waals surface area contributed by atoms with Gasteiger partial charge < -0.3 is 10.2 Å². The molecule has 0 radical (unpaired) electrons. The number of aromatic hydroxyl groups is 1. The third kappa shape index (κ3) is 3.09. The van der Waals surface area contributed by atoms with Crippen molar-refractivity contribution in [2.24, 2.45) is 17.3 Å². The first kappa shape index (κ1) is 16.1. The summed E-state index contributed by atoms with van der Waals surface area (Å²) in [4.78, 5) is 14.7. The quantitative estimate of drug-likeness (QED) is 0.816. The monoisotopic (exact) mass is 329 g/mol. The van der Waals surface area contributed by atoms with Gasteiger partial charge in [-0.25, -0.2) is 0 Å². The molecule has 1 aromatic carbocycles. The van der Waals surface area contributed by atoms with Gasteiger partial charge in [0.25, 0.3) is 0 Å². The molecule has 0 bridgehead atoms. The molecular weight excluding hydrogens is 302 g/mol. The number of Topliss-reactive ketones (excluding diaryl/α,β-unsaturated/α-hetero) is 1. The minimum Gasteiger partial charge on any atom is -0.508 e. The summed E-state index contributed by atoms with van der Waals surface area (Å²) < 4.78 is 0. The maximum absolute atomic E-state index is 12.4. The molecule has 1 aromatic rings. The van der Waals surface area contributed by atoms with Crippen molar-refractivity contribution in [1.29, 1.82) is 0 Å².